The lowest BCUT2D eigenvalue weighted by molar-refractivity contribution is -0.140. The first kappa shape index (κ1) is 25.3. The molecule has 0 saturated carbocycles. The van der Waals surface area contributed by atoms with E-state index in [4.69, 9.17) is 4.74 Å². The van der Waals surface area contributed by atoms with Gasteiger partial charge in [-0.25, -0.2) is 0 Å². The van der Waals surface area contributed by atoms with E-state index in [2.05, 4.69) is 0 Å². The number of aliphatic hydroxyl groups excluding tert-OH is 1. The highest BCUT2D eigenvalue weighted by Crippen LogP contribution is 2.40. The lowest BCUT2D eigenvalue weighted by Gasteiger charge is -2.27. The van der Waals surface area contributed by atoms with Gasteiger partial charge in [-0.2, -0.15) is 0 Å². The molecule has 34 heavy (non-hydrogen) atoms. The number of anilines is 1. The van der Waals surface area contributed by atoms with Crippen LogP contribution in [0.1, 0.15) is 36.1 Å². The van der Waals surface area contributed by atoms with E-state index in [0.717, 1.165) is 29.0 Å². The maximum Gasteiger partial charge on any atom is 0.295 e. The van der Waals surface area contributed by atoms with Gasteiger partial charge in [0, 0.05) is 38.4 Å². The number of likely N-dealkylation sites (tertiary alicyclic amines) is 1. The summed E-state index contributed by atoms with van der Waals surface area (Å²) in [5.41, 5.74) is 3.24. The molecule has 2 aromatic rings. The zero-order chi connectivity index (χ0) is 25.0. The van der Waals surface area contributed by atoms with Crippen LogP contribution in [-0.4, -0.2) is 74.5 Å². The van der Waals surface area contributed by atoms with Crippen LogP contribution in [0.3, 0.4) is 0 Å². The van der Waals surface area contributed by atoms with Gasteiger partial charge in [-0.3, -0.25) is 9.59 Å². The maximum absolute atomic E-state index is 13.2. The Kier molecular flexibility index (Phi) is 7.99. The van der Waals surface area contributed by atoms with Gasteiger partial charge >= 0.3 is 0 Å². The van der Waals surface area contributed by atoms with Crippen LogP contribution >= 0.6 is 0 Å². The summed E-state index contributed by atoms with van der Waals surface area (Å²) in [5, 5.41) is 11.3. The molecule has 1 N–H and O–H groups in total. The van der Waals surface area contributed by atoms with Crippen LogP contribution in [0.5, 0.6) is 5.75 Å². The molecule has 0 aromatic heterocycles. The molecule has 7 heteroatoms. The molecule has 7 nitrogen and oxygen atoms in total. The van der Waals surface area contributed by atoms with Crippen LogP contribution in [0.4, 0.5) is 5.69 Å². The molecule has 1 saturated heterocycles. The number of nitrogens with zero attached hydrogens (tertiary/aromatic N) is 3. The standard InChI is InChI=1S/C27H35N3O4/c1-7-16-34-22-13-10-20(17-18(22)2)25(31)23-24(19-8-11-21(12-9-19)29(5)6)30(15-14-28(3)4)27(33)26(23)32/h8-13,17,24,31H,7,14-16H2,1-6H3/t24-/m0/s1. The number of amides is 1. The van der Waals surface area contributed by atoms with Crippen molar-refractivity contribution in [3.63, 3.8) is 0 Å². The van der Waals surface area contributed by atoms with Gasteiger partial charge < -0.3 is 24.5 Å². The largest absolute Gasteiger partial charge is 0.507 e. The normalized spacial score (nSPS) is 17.5. The van der Waals surface area contributed by atoms with Crippen molar-refractivity contribution in [2.75, 3.05) is 52.8 Å². The second-order valence-corrected chi connectivity index (χ2v) is 9.11. The van der Waals surface area contributed by atoms with Crippen molar-refractivity contribution in [3.05, 3.63) is 64.7 Å². The minimum Gasteiger partial charge on any atom is -0.507 e. The first-order chi connectivity index (χ1) is 16.1. The second kappa shape index (κ2) is 10.7. The van der Waals surface area contributed by atoms with Crippen molar-refractivity contribution >= 4 is 23.1 Å². The molecular weight excluding hydrogens is 430 g/mol. The van der Waals surface area contributed by atoms with Gasteiger partial charge in [0.1, 0.15) is 11.5 Å². The summed E-state index contributed by atoms with van der Waals surface area (Å²) < 4.78 is 5.74. The minimum absolute atomic E-state index is 0.114. The number of rotatable bonds is 9. The lowest BCUT2D eigenvalue weighted by atomic mass is 9.94. The van der Waals surface area contributed by atoms with E-state index in [1.165, 1.54) is 0 Å². The number of likely N-dealkylation sites (N-methyl/N-ethyl adjacent to an activating group) is 1. The molecule has 0 unspecified atom stereocenters. The smallest absolute Gasteiger partial charge is 0.295 e. The summed E-state index contributed by atoms with van der Waals surface area (Å²) in [6.07, 6.45) is 0.893. The van der Waals surface area contributed by atoms with Gasteiger partial charge in [-0.05, 0) is 68.9 Å². The molecule has 0 aliphatic carbocycles. The van der Waals surface area contributed by atoms with E-state index in [1.54, 1.807) is 23.1 Å². The van der Waals surface area contributed by atoms with Crippen molar-refractivity contribution < 1.29 is 19.4 Å². The molecule has 182 valence electrons. The molecule has 1 heterocycles. The molecule has 0 radical (unpaired) electrons. The Bertz CT molecular complexity index is 1070. The predicted octanol–water partition coefficient (Wildman–Crippen LogP) is 3.83. The minimum atomic E-state index is -0.665. The fourth-order valence-corrected chi connectivity index (χ4v) is 4.05. The molecule has 2 aromatic carbocycles. The van der Waals surface area contributed by atoms with Gasteiger partial charge in [-0.1, -0.05) is 19.1 Å². The highest BCUT2D eigenvalue weighted by atomic mass is 16.5. The molecule has 1 fully saturated rings. The monoisotopic (exact) mass is 465 g/mol. The number of carbonyl (C=O) groups excluding carboxylic acids is 2. The van der Waals surface area contributed by atoms with Gasteiger partial charge in [0.2, 0.25) is 0 Å². The van der Waals surface area contributed by atoms with E-state index in [9.17, 15) is 14.7 Å². The Hall–Kier alpha value is -3.32. The van der Waals surface area contributed by atoms with Crippen LogP contribution in [0.2, 0.25) is 0 Å². The number of aryl methyl sites for hydroxylation is 1. The number of ether oxygens (including phenoxy) is 1. The third kappa shape index (κ3) is 5.25. The summed E-state index contributed by atoms with van der Waals surface area (Å²) in [5.74, 6) is -0.690. The Balaban J connectivity index is 2.09. The highest BCUT2D eigenvalue weighted by Gasteiger charge is 2.45. The Labute approximate surface area is 202 Å². The first-order valence-electron chi connectivity index (χ1n) is 11.6. The number of Topliss-reactive ketones (excluding diaryl/α,β-unsaturated/α-hetero) is 1. The number of hydrogen-bond donors (Lipinski definition) is 1. The average Bonchev–Trinajstić information content (AvgIpc) is 3.06. The summed E-state index contributed by atoms with van der Waals surface area (Å²) in [4.78, 5) is 31.7. The molecule has 1 amide bonds. The van der Waals surface area contributed by atoms with Crippen LogP contribution in [0.15, 0.2) is 48.0 Å². The highest BCUT2D eigenvalue weighted by molar-refractivity contribution is 6.46. The number of benzene rings is 2. The Morgan fingerprint density at radius 3 is 2.29 bits per heavy atom. The first-order valence-corrected chi connectivity index (χ1v) is 11.6. The van der Waals surface area contributed by atoms with E-state index >= 15 is 0 Å². The van der Waals surface area contributed by atoms with Crippen molar-refractivity contribution in [3.8, 4) is 5.75 Å². The zero-order valence-electron chi connectivity index (χ0n) is 21.0. The van der Waals surface area contributed by atoms with E-state index in [0.29, 0.717) is 25.3 Å². The Morgan fingerprint density at radius 1 is 1.06 bits per heavy atom. The van der Waals surface area contributed by atoms with E-state index in [-0.39, 0.29) is 11.3 Å². The lowest BCUT2D eigenvalue weighted by Crippen LogP contribution is -2.35. The van der Waals surface area contributed by atoms with Gasteiger partial charge in [0.15, 0.2) is 0 Å². The average molecular weight is 466 g/mol. The number of hydrogen-bond acceptors (Lipinski definition) is 6. The van der Waals surface area contributed by atoms with E-state index < -0.39 is 17.7 Å². The molecule has 0 spiro atoms. The van der Waals surface area contributed by atoms with Crippen LogP contribution in [0.25, 0.3) is 5.76 Å². The van der Waals surface area contributed by atoms with Crippen LogP contribution < -0.4 is 9.64 Å². The van der Waals surface area contributed by atoms with Crippen molar-refractivity contribution in [1.29, 1.82) is 0 Å². The summed E-state index contributed by atoms with van der Waals surface area (Å²) in [6, 6.07) is 12.4. The van der Waals surface area contributed by atoms with Gasteiger partial charge in [-0.15, -0.1) is 0 Å². The number of ketones is 1. The van der Waals surface area contributed by atoms with Crippen molar-refractivity contribution in [2.24, 2.45) is 0 Å². The van der Waals surface area contributed by atoms with Crippen molar-refractivity contribution in [2.45, 2.75) is 26.3 Å². The molecule has 3 rings (SSSR count). The SMILES string of the molecule is CCCOc1ccc(C(O)=C2C(=O)C(=O)N(CCN(C)C)[C@H]2c2ccc(N(C)C)cc2)cc1C. The molecular formula is C27H35N3O4. The topological polar surface area (TPSA) is 73.3 Å². The summed E-state index contributed by atoms with van der Waals surface area (Å²) in [7, 11) is 7.74. The van der Waals surface area contributed by atoms with Crippen molar-refractivity contribution in [1.82, 2.24) is 9.80 Å². The third-order valence-electron chi connectivity index (χ3n) is 5.96. The number of carbonyl (C=O) groups is 2. The fraction of sp³-hybridized carbons (Fsp3) is 0.407. The molecule has 1 aliphatic heterocycles. The zero-order valence-corrected chi connectivity index (χ0v) is 21.0. The summed E-state index contributed by atoms with van der Waals surface area (Å²) in [6.45, 7) is 5.51. The predicted molar refractivity (Wildman–Crippen MR) is 135 cm³/mol. The second-order valence-electron chi connectivity index (χ2n) is 9.11. The molecule has 1 aliphatic rings. The number of aliphatic hydroxyl groups is 1. The maximum atomic E-state index is 13.2. The van der Waals surface area contributed by atoms with Crippen LogP contribution in [-0.2, 0) is 9.59 Å². The summed E-state index contributed by atoms with van der Waals surface area (Å²) >= 11 is 0. The molecule has 0 bridgehead atoms. The Morgan fingerprint density at radius 2 is 1.74 bits per heavy atom. The molecule has 1 atom stereocenters. The van der Waals surface area contributed by atoms with Gasteiger partial charge in [0.05, 0.1) is 18.2 Å². The van der Waals surface area contributed by atoms with Gasteiger partial charge in [0.25, 0.3) is 11.7 Å². The van der Waals surface area contributed by atoms with Crippen LogP contribution in [0, 0.1) is 6.92 Å². The third-order valence-corrected chi connectivity index (χ3v) is 5.96. The fourth-order valence-electron chi connectivity index (χ4n) is 4.05. The van der Waals surface area contributed by atoms with E-state index in [1.807, 2.05) is 76.1 Å². The quantitative estimate of drug-likeness (QED) is 0.345.